The predicted octanol–water partition coefficient (Wildman–Crippen LogP) is 1.11. The molecule has 0 radical (unpaired) electrons. The maximum Gasteiger partial charge on any atom is 0.312 e. The van der Waals surface area contributed by atoms with Gasteiger partial charge in [-0.1, -0.05) is 12.8 Å². The summed E-state index contributed by atoms with van der Waals surface area (Å²) in [6.07, 6.45) is 4.60. The Bertz CT molecular complexity index is 263. The number of carbonyl (C=O) groups excluding carboxylic acids is 1. The molecule has 0 spiro atoms. The molecule has 1 aliphatic carbocycles. The maximum atomic E-state index is 11.5. The molecule has 2 atom stereocenters. The van der Waals surface area contributed by atoms with Crippen LogP contribution in [0.15, 0.2) is 0 Å². The second kappa shape index (κ2) is 4.21. The molecular weight excluding hydrogens is 194 g/mol. The summed E-state index contributed by atoms with van der Waals surface area (Å²) in [7, 11) is 0. The zero-order valence-electron chi connectivity index (χ0n) is 8.82. The SMILES string of the molecule is O=C(O)CC(=O)N1CC2CCCCC2C1. The molecule has 1 saturated heterocycles. The number of nitrogens with zero attached hydrogens (tertiary/aromatic N) is 1. The van der Waals surface area contributed by atoms with Crippen molar-refractivity contribution in [2.24, 2.45) is 11.8 Å². The van der Waals surface area contributed by atoms with Crippen molar-refractivity contribution in [2.45, 2.75) is 32.1 Å². The summed E-state index contributed by atoms with van der Waals surface area (Å²) in [5, 5.41) is 8.56. The Morgan fingerprint density at radius 3 is 2.13 bits per heavy atom. The summed E-state index contributed by atoms with van der Waals surface area (Å²) in [6, 6.07) is 0. The first-order valence-electron chi connectivity index (χ1n) is 5.66. The van der Waals surface area contributed by atoms with Crippen LogP contribution in [0.3, 0.4) is 0 Å². The van der Waals surface area contributed by atoms with Crippen molar-refractivity contribution < 1.29 is 14.7 Å². The van der Waals surface area contributed by atoms with Crippen LogP contribution in [0.1, 0.15) is 32.1 Å². The van der Waals surface area contributed by atoms with Gasteiger partial charge in [-0.05, 0) is 24.7 Å². The molecule has 4 nitrogen and oxygen atoms in total. The summed E-state index contributed by atoms with van der Waals surface area (Å²) in [5.74, 6) is 0.0414. The molecule has 0 aromatic rings. The molecule has 1 amide bonds. The molecule has 0 aromatic heterocycles. The third-order valence-corrected chi connectivity index (χ3v) is 3.63. The standard InChI is InChI=1S/C11H17NO3/c13-10(5-11(14)15)12-6-8-3-1-2-4-9(8)7-12/h8-9H,1-7H2,(H,14,15). The molecule has 15 heavy (non-hydrogen) atoms. The zero-order chi connectivity index (χ0) is 10.8. The summed E-state index contributed by atoms with van der Waals surface area (Å²) in [6.45, 7) is 1.58. The average molecular weight is 211 g/mol. The van der Waals surface area contributed by atoms with Gasteiger partial charge in [-0.25, -0.2) is 0 Å². The first kappa shape index (κ1) is 10.5. The Kier molecular flexibility index (Phi) is 2.93. The van der Waals surface area contributed by atoms with E-state index in [9.17, 15) is 9.59 Å². The van der Waals surface area contributed by atoms with Gasteiger partial charge in [0.15, 0.2) is 0 Å². The largest absolute Gasteiger partial charge is 0.481 e. The molecule has 1 N–H and O–H groups in total. The van der Waals surface area contributed by atoms with E-state index < -0.39 is 5.97 Å². The van der Waals surface area contributed by atoms with E-state index in [0.29, 0.717) is 11.8 Å². The van der Waals surface area contributed by atoms with E-state index in [0.717, 1.165) is 13.1 Å². The van der Waals surface area contributed by atoms with Gasteiger partial charge in [0, 0.05) is 13.1 Å². The van der Waals surface area contributed by atoms with Crippen molar-refractivity contribution in [1.82, 2.24) is 4.90 Å². The van der Waals surface area contributed by atoms with E-state index in [-0.39, 0.29) is 12.3 Å². The van der Waals surface area contributed by atoms with Gasteiger partial charge in [-0.15, -0.1) is 0 Å². The Morgan fingerprint density at radius 2 is 1.67 bits per heavy atom. The molecule has 2 fully saturated rings. The fraction of sp³-hybridized carbons (Fsp3) is 0.818. The van der Waals surface area contributed by atoms with Gasteiger partial charge in [0.2, 0.25) is 5.91 Å². The van der Waals surface area contributed by atoms with E-state index >= 15 is 0 Å². The number of amides is 1. The van der Waals surface area contributed by atoms with Gasteiger partial charge in [0.05, 0.1) is 0 Å². The quantitative estimate of drug-likeness (QED) is 0.696. The van der Waals surface area contributed by atoms with E-state index in [4.69, 9.17) is 5.11 Å². The van der Waals surface area contributed by atoms with Gasteiger partial charge >= 0.3 is 5.97 Å². The van der Waals surface area contributed by atoms with Crippen molar-refractivity contribution in [3.63, 3.8) is 0 Å². The summed E-state index contributed by atoms with van der Waals surface area (Å²) in [4.78, 5) is 23.7. The monoisotopic (exact) mass is 211 g/mol. The lowest BCUT2D eigenvalue weighted by atomic mass is 9.82. The number of hydrogen-bond donors (Lipinski definition) is 1. The minimum Gasteiger partial charge on any atom is -0.481 e. The van der Waals surface area contributed by atoms with Crippen LogP contribution >= 0.6 is 0 Å². The first-order chi connectivity index (χ1) is 7.16. The van der Waals surface area contributed by atoms with Crippen molar-refractivity contribution in [1.29, 1.82) is 0 Å². The maximum absolute atomic E-state index is 11.5. The third kappa shape index (κ3) is 2.30. The molecule has 0 aromatic carbocycles. The third-order valence-electron chi connectivity index (χ3n) is 3.63. The average Bonchev–Trinajstić information content (AvgIpc) is 2.59. The van der Waals surface area contributed by atoms with Crippen LogP contribution in [0, 0.1) is 11.8 Å². The van der Waals surface area contributed by atoms with Crippen LogP contribution in [0.2, 0.25) is 0 Å². The Morgan fingerprint density at radius 1 is 1.13 bits per heavy atom. The van der Waals surface area contributed by atoms with Crippen LogP contribution < -0.4 is 0 Å². The Balaban J connectivity index is 1.90. The second-order valence-corrected chi connectivity index (χ2v) is 4.67. The molecule has 4 heteroatoms. The number of rotatable bonds is 2. The Hall–Kier alpha value is -1.06. The van der Waals surface area contributed by atoms with Crippen molar-refractivity contribution in [3.05, 3.63) is 0 Å². The minimum absolute atomic E-state index is 0.211. The van der Waals surface area contributed by atoms with Crippen LogP contribution in [0.4, 0.5) is 0 Å². The van der Waals surface area contributed by atoms with Crippen molar-refractivity contribution in [3.8, 4) is 0 Å². The van der Waals surface area contributed by atoms with Crippen LogP contribution in [0.25, 0.3) is 0 Å². The van der Waals surface area contributed by atoms with Crippen LogP contribution in [-0.2, 0) is 9.59 Å². The lowest BCUT2D eigenvalue weighted by molar-refractivity contribution is -0.143. The van der Waals surface area contributed by atoms with Gasteiger partial charge in [-0.2, -0.15) is 0 Å². The topological polar surface area (TPSA) is 57.6 Å². The molecule has 2 unspecified atom stereocenters. The highest BCUT2D eigenvalue weighted by molar-refractivity contribution is 5.93. The number of aliphatic carboxylic acids is 1. The summed E-state index contributed by atoms with van der Waals surface area (Å²) >= 11 is 0. The smallest absolute Gasteiger partial charge is 0.312 e. The normalized spacial score (nSPS) is 30.0. The van der Waals surface area contributed by atoms with E-state index in [1.54, 1.807) is 4.90 Å². The summed E-state index contributed by atoms with van der Waals surface area (Å²) in [5.41, 5.74) is 0. The molecule has 84 valence electrons. The highest BCUT2D eigenvalue weighted by Gasteiger charge is 2.36. The van der Waals surface area contributed by atoms with Gasteiger partial charge in [-0.3, -0.25) is 9.59 Å². The number of hydrogen-bond acceptors (Lipinski definition) is 2. The number of likely N-dealkylation sites (tertiary alicyclic amines) is 1. The van der Waals surface area contributed by atoms with E-state index in [1.165, 1.54) is 25.7 Å². The van der Waals surface area contributed by atoms with Crippen molar-refractivity contribution in [2.75, 3.05) is 13.1 Å². The first-order valence-corrected chi connectivity index (χ1v) is 5.66. The minimum atomic E-state index is -1.02. The van der Waals surface area contributed by atoms with E-state index in [1.807, 2.05) is 0 Å². The highest BCUT2D eigenvalue weighted by Crippen LogP contribution is 2.36. The lowest BCUT2D eigenvalue weighted by Crippen LogP contribution is -2.30. The lowest BCUT2D eigenvalue weighted by Gasteiger charge is -2.22. The Labute approximate surface area is 89.3 Å². The van der Waals surface area contributed by atoms with Gasteiger partial charge in [0.1, 0.15) is 6.42 Å². The molecule has 2 rings (SSSR count). The zero-order valence-corrected chi connectivity index (χ0v) is 8.82. The molecule has 0 bridgehead atoms. The number of carboxylic acid groups (broad SMARTS) is 1. The fourth-order valence-corrected chi connectivity index (χ4v) is 2.85. The molecule has 1 saturated carbocycles. The fourth-order valence-electron chi connectivity index (χ4n) is 2.85. The molecule has 2 aliphatic rings. The predicted molar refractivity (Wildman–Crippen MR) is 54.3 cm³/mol. The summed E-state index contributed by atoms with van der Waals surface area (Å²) < 4.78 is 0. The number of carbonyl (C=O) groups is 2. The highest BCUT2D eigenvalue weighted by atomic mass is 16.4. The van der Waals surface area contributed by atoms with Gasteiger partial charge < -0.3 is 10.0 Å². The van der Waals surface area contributed by atoms with E-state index in [2.05, 4.69) is 0 Å². The van der Waals surface area contributed by atoms with Crippen LogP contribution in [0.5, 0.6) is 0 Å². The number of carboxylic acids is 1. The number of fused-ring (bicyclic) bond motifs is 1. The van der Waals surface area contributed by atoms with Gasteiger partial charge in [0.25, 0.3) is 0 Å². The molecule has 1 heterocycles. The van der Waals surface area contributed by atoms with Crippen molar-refractivity contribution >= 4 is 11.9 Å². The second-order valence-electron chi connectivity index (χ2n) is 4.67. The molecule has 1 aliphatic heterocycles. The van der Waals surface area contributed by atoms with Crippen LogP contribution in [-0.4, -0.2) is 35.0 Å². The molecular formula is C11H17NO3.